The van der Waals surface area contributed by atoms with Gasteiger partial charge in [-0.05, 0) is 49.7 Å². The molecule has 122 valence electrons. The SMILES string of the molecule is Fc1c(OCC2CCCC2)ccc(OCC2CCCC2)c1F. The van der Waals surface area contributed by atoms with Crippen LogP contribution in [-0.2, 0) is 0 Å². The lowest BCUT2D eigenvalue weighted by Gasteiger charge is -2.15. The van der Waals surface area contributed by atoms with Crippen molar-refractivity contribution in [3.8, 4) is 11.5 Å². The third-order valence-electron chi connectivity index (χ3n) is 4.91. The van der Waals surface area contributed by atoms with Gasteiger partial charge in [0.25, 0.3) is 0 Å². The lowest BCUT2D eigenvalue weighted by molar-refractivity contribution is 0.225. The molecule has 1 aromatic rings. The lowest BCUT2D eigenvalue weighted by Crippen LogP contribution is -2.11. The van der Waals surface area contributed by atoms with Gasteiger partial charge >= 0.3 is 0 Å². The minimum Gasteiger partial charge on any atom is -0.490 e. The summed E-state index contributed by atoms with van der Waals surface area (Å²) >= 11 is 0. The van der Waals surface area contributed by atoms with Crippen LogP contribution in [0.3, 0.4) is 0 Å². The number of hydrogen-bond acceptors (Lipinski definition) is 2. The van der Waals surface area contributed by atoms with Crippen molar-refractivity contribution in [3.63, 3.8) is 0 Å². The summed E-state index contributed by atoms with van der Waals surface area (Å²) in [7, 11) is 0. The van der Waals surface area contributed by atoms with Gasteiger partial charge in [-0.1, -0.05) is 25.7 Å². The van der Waals surface area contributed by atoms with Crippen molar-refractivity contribution in [2.75, 3.05) is 13.2 Å². The lowest BCUT2D eigenvalue weighted by atomic mass is 10.1. The zero-order valence-corrected chi connectivity index (χ0v) is 13.0. The minimum absolute atomic E-state index is 0.00221. The Balaban J connectivity index is 1.57. The molecule has 0 saturated heterocycles. The van der Waals surface area contributed by atoms with Crippen LogP contribution in [0.5, 0.6) is 11.5 Å². The molecule has 0 spiro atoms. The standard InChI is InChI=1S/C18H24F2O2/c19-17-15(21-11-13-5-1-2-6-13)9-10-16(18(17)20)22-12-14-7-3-4-8-14/h9-10,13-14H,1-8,11-12H2. The van der Waals surface area contributed by atoms with E-state index in [1.165, 1.54) is 37.8 Å². The van der Waals surface area contributed by atoms with Gasteiger partial charge in [-0.15, -0.1) is 0 Å². The zero-order chi connectivity index (χ0) is 15.4. The minimum atomic E-state index is -0.929. The van der Waals surface area contributed by atoms with Crippen LogP contribution in [0.15, 0.2) is 12.1 Å². The summed E-state index contributed by atoms with van der Waals surface area (Å²) < 4.78 is 39.0. The van der Waals surface area contributed by atoms with E-state index < -0.39 is 11.6 Å². The quantitative estimate of drug-likeness (QED) is 0.727. The molecule has 22 heavy (non-hydrogen) atoms. The van der Waals surface area contributed by atoms with Crippen LogP contribution in [0.4, 0.5) is 8.78 Å². The molecular weight excluding hydrogens is 286 g/mol. The molecule has 1 aromatic carbocycles. The smallest absolute Gasteiger partial charge is 0.204 e. The molecule has 0 radical (unpaired) electrons. The van der Waals surface area contributed by atoms with E-state index in [4.69, 9.17) is 9.47 Å². The van der Waals surface area contributed by atoms with Crippen molar-refractivity contribution in [2.45, 2.75) is 51.4 Å². The second-order valence-electron chi connectivity index (χ2n) is 6.61. The van der Waals surface area contributed by atoms with E-state index in [9.17, 15) is 8.78 Å². The first kappa shape index (κ1) is 15.6. The summed E-state index contributed by atoms with van der Waals surface area (Å²) in [5, 5.41) is 0. The summed E-state index contributed by atoms with van der Waals surface area (Å²) in [5.41, 5.74) is 0. The molecule has 0 aliphatic heterocycles. The molecule has 0 aromatic heterocycles. The number of benzene rings is 1. The van der Waals surface area contributed by atoms with Crippen LogP contribution in [-0.4, -0.2) is 13.2 Å². The third-order valence-corrected chi connectivity index (χ3v) is 4.91. The molecule has 0 atom stereocenters. The zero-order valence-electron chi connectivity index (χ0n) is 13.0. The monoisotopic (exact) mass is 310 g/mol. The summed E-state index contributed by atoms with van der Waals surface area (Å²) in [6.07, 6.45) is 9.30. The Morgan fingerprint density at radius 2 is 1.09 bits per heavy atom. The van der Waals surface area contributed by atoms with Crippen molar-refractivity contribution in [1.29, 1.82) is 0 Å². The molecule has 2 nitrogen and oxygen atoms in total. The maximum absolute atomic E-state index is 14.1. The van der Waals surface area contributed by atoms with Gasteiger partial charge in [-0.3, -0.25) is 0 Å². The van der Waals surface area contributed by atoms with Gasteiger partial charge in [0, 0.05) is 0 Å². The van der Waals surface area contributed by atoms with E-state index in [0.29, 0.717) is 25.0 Å². The highest BCUT2D eigenvalue weighted by Gasteiger charge is 2.21. The van der Waals surface area contributed by atoms with Gasteiger partial charge in [0.2, 0.25) is 11.6 Å². The van der Waals surface area contributed by atoms with Crippen LogP contribution >= 0.6 is 0 Å². The highest BCUT2D eigenvalue weighted by molar-refractivity contribution is 5.35. The van der Waals surface area contributed by atoms with Gasteiger partial charge in [-0.2, -0.15) is 8.78 Å². The fourth-order valence-electron chi connectivity index (χ4n) is 3.51. The average Bonchev–Trinajstić information content (AvgIpc) is 3.20. The molecule has 2 fully saturated rings. The Morgan fingerprint density at radius 3 is 1.45 bits per heavy atom. The van der Waals surface area contributed by atoms with Gasteiger partial charge in [0.15, 0.2) is 11.5 Å². The first-order chi connectivity index (χ1) is 10.7. The van der Waals surface area contributed by atoms with Crippen molar-refractivity contribution in [3.05, 3.63) is 23.8 Å². The fraction of sp³-hybridized carbons (Fsp3) is 0.667. The second kappa shape index (κ2) is 7.30. The number of rotatable bonds is 6. The van der Waals surface area contributed by atoms with Gasteiger partial charge in [-0.25, -0.2) is 0 Å². The normalized spacial score (nSPS) is 19.7. The Kier molecular flexibility index (Phi) is 5.16. The van der Waals surface area contributed by atoms with Crippen LogP contribution < -0.4 is 9.47 Å². The molecule has 2 aliphatic carbocycles. The fourth-order valence-corrected chi connectivity index (χ4v) is 3.51. The predicted octanol–water partition coefficient (Wildman–Crippen LogP) is 5.10. The molecule has 3 rings (SSSR count). The summed E-state index contributed by atoms with van der Waals surface area (Å²) in [4.78, 5) is 0. The summed E-state index contributed by atoms with van der Waals surface area (Å²) in [6.45, 7) is 0.942. The molecule has 0 N–H and O–H groups in total. The molecule has 0 unspecified atom stereocenters. The van der Waals surface area contributed by atoms with E-state index in [1.54, 1.807) is 0 Å². The van der Waals surface area contributed by atoms with Crippen LogP contribution in [0.1, 0.15) is 51.4 Å². The molecule has 4 heteroatoms. The van der Waals surface area contributed by atoms with Crippen LogP contribution in [0, 0.1) is 23.5 Å². The molecule has 2 aliphatic rings. The molecule has 0 amide bonds. The van der Waals surface area contributed by atoms with E-state index in [-0.39, 0.29) is 11.5 Å². The maximum Gasteiger partial charge on any atom is 0.204 e. The van der Waals surface area contributed by atoms with Crippen LogP contribution in [0.25, 0.3) is 0 Å². The van der Waals surface area contributed by atoms with E-state index in [0.717, 1.165) is 25.7 Å². The Bertz CT molecular complexity index is 447. The van der Waals surface area contributed by atoms with Crippen molar-refractivity contribution < 1.29 is 18.3 Å². The Labute approximate surface area is 130 Å². The van der Waals surface area contributed by atoms with Crippen molar-refractivity contribution in [2.24, 2.45) is 11.8 Å². The number of halogens is 2. The molecular formula is C18H24F2O2. The van der Waals surface area contributed by atoms with Crippen molar-refractivity contribution >= 4 is 0 Å². The number of hydrogen-bond donors (Lipinski definition) is 0. The highest BCUT2D eigenvalue weighted by atomic mass is 19.2. The van der Waals surface area contributed by atoms with Gasteiger partial charge < -0.3 is 9.47 Å². The largest absolute Gasteiger partial charge is 0.490 e. The van der Waals surface area contributed by atoms with E-state index >= 15 is 0 Å². The van der Waals surface area contributed by atoms with Gasteiger partial charge in [0.1, 0.15) is 0 Å². The molecule has 2 saturated carbocycles. The first-order valence-electron chi connectivity index (χ1n) is 8.47. The third kappa shape index (κ3) is 3.71. The molecule has 0 bridgehead atoms. The Hall–Kier alpha value is -1.32. The highest BCUT2D eigenvalue weighted by Crippen LogP contribution is 2.31. The molecule has 0 heterocycles. The predicted molar refractivity (Wildman–Crippen MR) is 81.3 cm³/mol. The average molecular weight is 310 g/mol. The van der Waals surface area contributed by atoms with E-state index in [1.807, 2.05) is 0 Å². The van der Waals surface area contributed by atoms with Gasteiger partial charge in [0.05, 0.1) is 13.2 Å². The Morgan fingerprint density at radius 1 is 0.727 bits per heavy atom. The van der Waals surface area contributed by atoms with Crippen LogP contribution in [0.2, 0.25) is 0 Å². The second-order valence-corrected chi connectivity index (χ2v) is 6.61. The number of ether oxygens (including phenoxy) is 2. The van der Waals surface area contributed by atoms with E-state index in [2.05, 4.69) is 0 Å². The summed E-state index contributed by atoms with van der Waals surface area (Å²) in [6, 6.07) is 2.97. The maximum atomic E-state index is 14.1. The topological polar surface area (TPSA) is 18.5 Å². The van der Waals surface area contributed by atoms with Crippen molar-refractivity contribution in [1.82, 2.24) is 0 Å². The summed E-state index contributed by atoms with van der Waals surface area (Å²) in [5.74, 6) is -0.916. The first-order valence-corrected chi connectivity index (χ1v) is 8.47.